The molecule has 2 aromatic carbocycles. The Bertz CT molecular complexity index is 942. The van der Waals surface area contributed by atoms with Crippen molar-refractivity contribution in [2.24, 2.45) is 0 Å². The Morgan fingerprint density at radius 2 is 1.89 bits per heavy atom. The molecule has 3 aromatic rings. The van der Waals surface area contributed by atoms with E-state index in [2.05, 4.69) is 20.9 Å². The van der Waals surface area contributed by atoms with Gasteiger partial charge >= 0.3 is 0 Å². The van der Waals surface area contributed by atoms with Crippen LogP contribution in [-0.4, -0.2) is 45.2 Å². The highest BCUT2D eigenvalue weighted by Crippen LogP contribution is 2.30. The molecular formula is C19H22N4O3S. The van der Waals surface area contributed by atoms with Crippen molar-refractivity contribution >= 4 is 38.3 Å². The molecule has 27 heavy (non-hydrogen) atoms. The number of aromatic nitrogens is 1. The minimum Gasteiger partial charge on any atom is -0.493 e. The third-order valence-electron chi connectivity index (χ3n) is 3.94. The highest BCUT2D eigenvalue weighted by atomic mass is 32.1. The lowest BCUT2D eigenvalue weighted by Crippen LogP contribution is -2.17. The summed E-state index contributed by atoms with van der Waals surface area (Å²) in [6, 6.07) is 10.7. The Labute approximate surface area is 161 Å². The fraction of sp³-hybridized carbons (Fsp3) is 0.263. The van der Waals surface area contributed by atoms with Crippen LogP contribution in [0.4, 0.5) is 10.8 Å². The van der Waals surface area contributed by atoms with E-state index in [1.807, 2.05) is 19.2 Å². The maximum atomic E-state index is 12.6. The van der Waals surface area contributed by atoms with Gasteiger partial charge in [-0.25, -0.2) is 4.98 Å². The van der Waals surface area contributed by atoms with Crippen LogP contribution in [-0.2, 0) is 0 Å². The summed E-state index contributed by atoms with van der Waals surface area (Å²) in [5.74, 6) is 0.979. The SMILES string of the molecule is CNCCNc1nc2ccc(C(=O)Nc3ccc(OC)c(OC)c3)cc2s1. The summed E-state index contributed by atoms with van der Waals surface area (Å²) in [4.78, 5) is 17.1. The third-order valence-corrected chi connectivity index (χ3v) is 4.92. The monoisotopic (exact) mass is 386 g/mol. The first kappa shape index (κ1) is 18.9. The van der Waals surface area contributed by atoms with Crippen molar-refractivity contribution in [1.82, 2.24) is 10.3 Å². The molecule has 1 aromatic heterocycles. The molecule has 0 fully saturated rings. The Morgan fingerprint density at radius 3 is 2.63 bits per heavy atom. The van der Waals surface area contributed by atoms with Crippen LogP contribution in [0.5, 0.6) is 11.5 Å². The molecule has 1 heterocycles. The predicted molar refractivity (Wildman–Crippen MR) is 110 cm³/mol. The number of amides is 1. The number of carbonyl (C=O) groups is 1. The van der Waals surface area contributed by atoms with Crippen LogP contribution in [0, 0.1) is 0 Å². The highest BCUT2D eigenvalue weighted by molar-refractivity contribution is 7.22. The number of hydrogen-bond acceptors (Lipinski definition) is 7. The molecule has 3 rings (SSSR count). The minimum atomic E-state index is -0.192. The first-order chi connectivity index (χ1) is 13.1. The summed E-state index contributed by atoms with van der Waals surface area (Å²) < 4.78 is 11.4. The first-order valence-electron chi connectivity index (χ1n) is 8.47. The number of fused-ring (bicyclic) bond motifs is 1. The Balaban J connectivity index is 1.75. The molecule has 0 spiro atoms. The molecule has 0 unspecified atom stereocenters. The summed E-state index contributed by atoms with van der Waals surface area (Å²) in [6.45, 7) is 1.65. The zero-order valence-electron chi connectivity index (χ0n) is 15.5. The number of carbonyl (C=O) groups excluding carboxylic acids is 1. The van der Waals surface area contributed by atoms with Gasteiger partial charge in [0.1, 0.15) is 0 Å². The van der Waals surface area contributed by atoms with Crippen molar-refractivity contribution in [3.8, 4) is 11.5 Å². The average Bonchev–Trinajstić information content (AvgIpc) is 3.09. The number of likely N-dealkylation sites (N-methyl/N-ethyl adjacent to an activating group) is 1. The second kappa shape index (κ2) is 8.70. The van der Waals surface area contributed by atoms with Crippen molar-refractivity contribution in [3.63, 3.8) is 0 Å². The van der Waals surface area contributed by atoms with Gasteiger partial charge in [-0.15, -0.1) is 0 Å². The molecule has 8 heteroatoms. The van der Waals surface area contributed by atoms with Gasteiger partial charge in [-0.3, -0.25) is 4.79 Å². The van der Waals surface area contributed by atoms with Crippen molar-refractivity contribution in [1.29, 1.82) is 0 Å². The van der Waals surface area contributed by atoms with E-state index in [1.165, 1.54) is 11.3 Å². The molecular weight excluding hydrogens is 364 g/mol. The normalized spacial score (nSPS) is 10.6. The second-order valence-electron chi connectivity index (χ2n) is 5.76. The standard InChI is InChI=1S/C19H22N4O3S/c1-20-8-9-21-19-23-14-6-4-12(10-17(14)27-19)18(24)22-13-5-7-15(25-2)16(11-13)26-3/h4-7,10-11,20H,8-9H2,1-3H3,(H,21,23)(H,22,24). The van der Waals surface area contributed by atoms with Crippen LogP contribution in [0.2, 0.25) is 0 Å². The summed E-state index contributed by atoms with van der Waals surface area (Å²) in [7, 11) is 5.04. The van der Waals surface area contributed by atoms with Gasteiger partial charge in [0.2, 0.25) is 0 Å². The van der Waals surface area contributed by atoms with Gasteiger partial charge in [0.05, 0.1) is 24.4 Å². The summed E-state index contributed by atoms with van der Waals surface area (Å²) in [6.07, 6.45) is 0. The molecule has 0 radical (unpaired) electrons. The van der Waals surface area contributed by atoms with Crippen molar-refractivity contribution in [3.05, 3.63) is 42.0 Å². The maximum absolute atomic E-state index is 12.6. The Morgan fingerprint density at radius 1 is 1.07 bits per heavy atom. The molecule has 0 bridgehead atoms. The number of hydrogen-bond donors (Lipinski definition) is 3. The number of benzene rings is 2. The zero-order chi connectivity index (χ0) is 19.2. The van der Waals surface area contributed by atoms with Crippen molar-refractivity contribution < 1.29 is 14.3 Å². The van der Waals surface area contributed by atoms with E-state index in [4.69, 9.17) is 9.47 Å². The van der Waals surface area contributed by atoms with E-state index < -0.39 is 0 Å². The molecule has 1 amide bonds. The summed E-state index contributed by atoms with van der Waals surface area (Å²) in [5.41, 5.74) is 2.08. The number of anilines is 2. The number of thiazole rings is 1. The molecule has 0 saturated carbocycles. The van der Waals surface area contributed by atoms with E-state index in [0.717, 1.165) is 28.4 Å². The molecule has 7 nitrogen and oxygen atoms in total. The minimum absolute atomic E-state index is 0.192. The Kier molecular flexibility index (Phi) is 6.10. The fourth-order valence-corrected chi connectivity index (χ4v) is 3.48. The van der Waals surface area contributed by atoms with E-state index >= 15 is 0 Å². The second-order valence-corrected chi connectivity index (χ2v) is 6.79. The van der Waals surface area contributed by atoms with Crippen LogP contribution in [0.15, 0.2) is 36.4 Å². The number of nitrogens with one attached hydrogen (secondary N) is 3. The van der Waals surface area contributed by atoms with E-state index in [9.17, 15) is 4.79 Å². The largest absolute Gasteiger partial charge is 0.493 e. The maximum Gasteiger partial charge on any atom is 0.255 e. The lowest BCUT2D eigenvalue weighted by molar-refractivity contribution is 0.102. The van der Waals surface area contributed by atoms with Gasteiger partial charge in [0.15, 0.2) is 16.6 Å². The van der Waals surface area contributed by atoms with Crippen LogP contribution in [0.3, 0.4) is 0 Å². The molecule has 0 aliphatic heterocycles. The molecule has 142 valence electrons. The predicted octanol–water partition coefficient (Wildman–Crippen LogP) is 3.20. The first-order valence-corrected chi connectivity index (χ1v) is 9.28. The van der Waals surface area contributed by atoms with Crippen LogP contribution < -0.4 is 25.4 Å². The molecule has 0 aliphatic carbocycles. The quantitative estimate of drug-likeness (QED) is 0.516. The van der Waals surface area contributed by atoms with Gasteiger partial charge in [-0.05, 0) is 37.4 Å². The molecule has 0 saturated heterocycles. The smallest absolute Gasteiger partial charge is 0.255 e. The van der Waals surface area contributed by atoms with Crippen molar-refractivity contribution in [2.75, 3.05) is 45.0 Å². The van der Waals surface area contributed by atoms with Gasteiger partial charge < -0.3 is 25.4 Å². The molecule has 0 aliphatic rings. The van der Waals surface area contributed by atoms with Crippen LogP contribution >= 0.6 is 11.3 Å². The zero-order valence-corrected chi connectivity index (χ0v) is 16.3. The number of rotatable bonds is 8. The third kappa shape index (κ3) is 4.47. The summed E-state index contributed by atoms with van der Waals surface area (Å²) in [5, 5.41) is 10.1. The van der Waals surface area contributed by atoms with E-state index in [0.29, 0.717) is 22.7 Å². The Hall–Kier alpha value is -2.84. The van der Waals surface area contributed by atoms with Crippen LogP contribution in [0.1, 0.15) is 10.4 Å². The highest BCUT2D eigenvalue weighted by Gasteiger charge is 2.11. The van der Waals surface area contributed by atoms with E-state index in [-0.39, 0.29) is 5.91 Å². The van der Waals surface area contributed by atoms with Gasteiger partial charge in [-0.2, -0.15) is 0 Å². The van der Waals surface area contributed by atoms with Crippen LogP contribution in [0.25, 0.3) is 10.2 Å². The topological polar surface area (TPSA) is 84.5 Å². The van der Waals surface area contributed by atoms with E-state index in [1.54, 1.807) is 38.5 Å². The number of nitrogens with zero attached hydrogens (tertiary/aromatic N) is 1. The number of ether oxygens (including phenoxy) is 2. The lowest BCUT2D eigenvalue weighted by Gasteiger charge is -2.10. The average molecular weight is 386 g/mol. The van der Waals surface area contributed by atoms with Gasteiger partial charge in [0.25, 0.3) is 5.91 Å². The molecule has 0 atom stereocenters. The van der Waals surface area contributed by atoms with Gasteiger partial charge in [-0.1, -0.05) is 11.3 Å². The van der Waals surface area contributed by atoms with Gasteiger partial charge in [0, 0.05) is 30.4 Å². The van der Waals surface area contributed by atoms with Crippen molar-refractivity contribution in [2.45, 2.75) is 0 Å². The fourth-order valence-electron chi connectivity index (χ4n) is 2.55. The summed E-state index contributed by atoms with van der Waals surface area (Å²) >= 11 is 1.53. The number of methoxy groups -OCH3 is 2. The molecule has 3 N–H and O–H groups in total. The lowest BCUT2D eigenvalue weighted by atomic mass is 10.2.